The summed E-state index contributed by atoms with van der Waals surface area (Å²) in [6, 6.07) is 24.9. The van der Waals surface area contributed by atoms with Gasteiger partial charge in [-0.1, -0.05) is 60.2 Å². The molecule has 3 aromatic carbocycles. The van der Waals surface area contributed by atoms with E-state index in [0.717, 1.165) is 22.4 Å². The van der Waals surface area contributed by atoms with Gasteiger partial charge in [-0.05, 0) is 42.3 Å². The summed E-state index contributed by atoms with van der Waals surface area (Å²) in [6.07, 6.45) is 3.43. The molecule has 0 saturated heterocycles. The third kappa shape index (κ3) is 4.98. The van der Waals surface area contributed by atoms with Crippen molar-refractivity contribution in [1.29, 1.82) is 0 Å². The third-order valence-electron chi connectivity index (χ3n) is 3.75. The van der Waals surface area contributed by atoms with Crippen LogP contribution in [0.2, 0.25) is 0 Å². The fraction of sp³-hybridized carbons (Fsp3) is 0.0455. The van der Waals surface area contributed by atoms with Crippen molar-refractivity contribution in [3.05, 3.63) is 101 Å². The molecule has 0 atom stereocenters. The van der Waals surface area contributed by atoms with E-state index in [2.05, 4.69) is 15.5 Å². The molecule has 0 aliphatic heterocycles. The molecule has 128 valence electrons. The Hall–Kier alpha value is -3.53. The molecule has 1 amide bonds. The van der Waals surface area contributed by atoms with Crippen LogP contribution in [0.1, 0.15) is 27.0 Å². The number of nitrogens with one attached hydrogen (secondary N) is 1. The number of aryl methyl sites for hydroxylation is 1. The molecular formula is C22H19N3O. The number of hydrogen-bond donors (Lipinski definition) is 1. The van der Waals surface area contributed by atoms with Gasteiger partial charge in [0.25, 0.3) is 5.91 Å². The number of carbonyl (C=O) groups is 1. The van der Waals surface area contributed by atoms with Crippen LogP contribution in [0.15, 0.2) is 89.0 Å². The van der Waals surface area contributed by atoms with Crippen LogP contribution in [0, 0.1) is 6.92 Å². The van der Waals surface area contributed by atoms with Crippen molar-refractivity contribution in [3.63, 3.8) is 0 Å². The van der Waals surface area contributed by atoms with E-state index in [-0.39, 0.29) is 5.91 Å². The van der Waals surface area contributed by atoms with E-state index in [1.165, 1.54) is 0 Å². The van der Waals surface area contributed by atoms with Crippen molar-refractivity contribution in [2.45, 2.75) is 6.92 Å². The van der Waals surface area contributed by atoms with E-state index in [1.807, 2.05) is 79.9 Å². The van der Waals surface area contributed by atoms with Crippen molar-refractivity contribution >= 4 is 24.0 Å². The van der Waals surface area contributed by atoms with E-state index < -0.39 is 0 Å². The van der Waals surface area contributed by atoms with Crippen LogP contribution >= 0.6 is 0 Å². The molecular weight excluding hydrogens is 322 g/mol. The average molecular weight is 341 g/mol. The number of nitrogens with zero attached hydrogens (tertiary/aromatic N) is 2. The molecule has 3 aromatic rings. The first-order chi connectivity index (χ1) is 12.7. The number of hydrazone groups is 1. The second-order valence-electron chi connectivity index (χ2n) is 5.83. The molecule has 0 aliphatic rings. The Balaban J connectivity index is 1.57. The summed E-state index contributed by atoms with van der Waals surface area (Å²) in [5.41, 5.74) is 7.03. The fourth-order valence-corrected chi connectivity index (χ4v) is 2.27. The Morgan fingerprint density at radius 1 is 0.808 bits per heavy atom. The second kappa shape index (κ2) is 8.53. The van der Waals surface area contributed by atoms with E-state index >= 15 is 0 Å². The monoisotopic (exact) mass is 341 g/mol. The molecule has 0 bridgehead atoms. The summed E-state index contributed by atoms with van der Waals surface area (Å²) in [6.45, 7) is 1.98. The zero-order valence-electron chi connectivity index (χ0n) is 14.5. The van der Waals surface area contributed by atoms with Crippen molar-refractivity contribution in [3.8, 4) is 0 Å². The highest BCUT2D eigenvalue weighted by Gasteiger charge is 2.02. The first kappa shape index (κ1) is 17.3. The standard InChI is InChI=1S/C22H19N3O/c1-17-7-13-20(14-8-17)22(26)25-24-16-19-11-9-18(10-12-19)15-23-21-5-3-2-4-6-21/h2-16H,1H3,(H,25,26). The van der Waals surface area contributed by atoms with Gasteiger partial charge in [-0.15, -0.1) is 0 Å². The predicted octanol–water partition coefficient (Wildman–Crippen LogP) is 4.51. The molecule has 26 heavy (non-hydrogen) atoms. The SMILES string of the molecule is Cc1ccc(C(=O)NN=Cc2ccc(C=Nc3ccccc3)cc2)cc1. The molecule has 0 aliphatic carbocycles. The number of aliphatic imine (C=N–C) groups is 1. The Morgan fingerprint density at radius 2 is 1.42 bits per heavy atom. The van der Waals surface area contributed by atoms with E-state index in [1.54, 1.807) is 18.3 Å². The topological polar surface area (TPSA) is 53.8 Å². The van der Waals surface area contributed by atoms with Crippen LogP contribution in [-0.4, -0.2) is 18.3 Å². The van der Waals surface area contributed by atoms with Gasteiger partial charge in [0.05, 0.1) is 11.9 Å². The Bertz CT molecular complexity index is 912. The van der Waals surface area contributed by atoms with E-state index in [4.69, 9.17) is 0 Å². The highest BCUT2D eigenvalue weighted by molar-refractivity contribution is 5.95. The lowest BCUT2D eigenvalue weighted by molar-refractivity contribution is 0.0955. The Morgan fingerprint density at radius 3 is 2.08 bits per heavy atom. The van der Waals surface area contributed by atoms with Gasteiger partial charge in [0.15, 0.2) is 0 Å². The molecule has 3 rings (SSSR count). The first-order valence-corrected chi connectivity index (χ1v) is 8.30. The minimum Gasteiger partial charge on any atom is -0.267 e. The van der Waals surface area contributed by atoms with Crippen LogP contribution in [0.5, 0.6) is 0 Å². The number of benzene rings is 3. The number of carbonyl (C=O) groups excluding carboxylic acids is 1. The Kier molecular flexibility index (Phi) is 5.68. The van der Waals surface area contributed by atoms with Crippen molar-refractivity contribution in [2.75, 3.05) is 0 Å². The molecule has 4 heteroatoms. The average Bonchev–Trinajstić information content (AvgIpc) is 2.68. The number of para-hydroxylation sites is 1. The van der Waals surface area contributed by atoms with Gasteiger partial charge in [0.1, 0.15) is 0 Å². The lowest BCUT2D eigenvalue weighted by Gasteiger charge is -2.00. The summed E-state index contributed by atoms with van der Waals surface area (Å²) in [7, 11) is 0. The molecule has 0 radical (unpaired) electrons. The fourth-order valence-electron chi connectivity index (χ4n) is 2.27. The molecule has 0 heterocycles. The van der Waals surface area contributed by atoms with Crippen LogP contribution in [-0.2, 0) is 0 Å². The molecule has 0 unspecified atom stereocenters. The van der Waals surface area contributed by atoms with Gasteiger partial charge in [0.2, 0.25) is 0 Å². The maximum Gasteiger partial charge on any atom is 0.271 e. The molecule has 0 fully saturated rings. The number of hydrogen-bond acceptors (Lipinski definition) is 3. The van der Waals surface area contributed by atoms with Crippen molar-refractivity contribution in [1.82, 2.24) is 5.43 Å². The van der Waals surface area contributed by atoms with Gasteiger partial charge < -0.3 is 0 Å². The molecule has 0 saturated carbocycles. The van der Waals surface area contributed by atoms with Crippen LogP contribution in [0.25, 0.3) is 0 Å². The van der Waals surface area contributed by atoms with Crippen molar-refractivity contribution < 1.29 is 4.79 Å². The summed E-state index contributed by atoms with van der Waals surface area (Å²) in [4.78, 5) is 16.4. The number of amides is 1. The van der Waals surface area contributed by atoms with Gasteiger partial charge >= 0.3 is 0 Å². The van der Waals surface area contributed by atoms with Crippen LogP contribution < -0.4 is 5.43 Å². The lowest BCUT2D eigenvalue weighted by atomic mass is 10.1. The zero-order chi connectivity index (χ0) is 18.2. The third-order valence-corrected chi connectivity index (χ3v) is 3.75. The highest BCUT2D eigenvalue weighted by Crippen LogP contribution is 2.10. The molecule has 1 N–H and O–H groups in total. The van der Waals surface area contributed by atoms with Gasteiger partial charge in [-0.3, -0.25) is 9.79 Å². The highest BCUT2D eigenvalue weighted by atomic mass is 16.2. The van der Waals surface area contributed by atoms with Crippen LogP contribution in [0.3, 0.4) is 0 Å². The predicted molar refractivity (Wildman–Crippen MR) is 106 cm³/mol. The summed E-state index contributed by atoms with van der Waals surface area (Å²) in [5.74, 6) is -0.229. The normalized spacial score (nSPS) is 11.1. The van der Waals surface area contributed by atoms with Crippen molar-refractivity contribution in [2.24, 2.45) is 10.1 Å². The van der Waals surface area contributed by atoms with E-state index in [9.17, 15) is 4.79 Å². The van der Waals surface area contributed by atoms with Crippen LogP contribution in [0.4, 0.5) is 5.69 Å². The smallest absolute Gasteiger partial charge is 0.267 e. The van der Waals surface area contributed by atoms with Gasteiger partial charge in [-0.25, -0.2) is 5.43 Å². The summed E-state index contributed by atoms with van der Waals surface area (Å²) < 4.78 is 0. The lowest BCUT2D eigenvalue weighted by Crippen LogP contribution is -2.17. The summed E-state index contributed by atoms with van der Waals surface area (Å²) >= 11 is 0. The maximum atomic E-state index is 12.0. The summed E-state index contributed by atoms with van der Waals surface area (Å²) in [5, 5.41) is 4.01. The molecule has 0 spiro atoms. The first-order valence-electron chi connectivity index (χ1n) is 8.30. The maximum absolute atomic E-state index is 12.0. The van der Waals surface area contributed by atoms with Gasteiger partial charge in [0, 0.05) is 11.8 Å². The minimum absolute atomic E-state index is 0.229. The quantitative estimate of drug-likeness (QED) is 0.539. The van der Waals surface area contributed by atoms with E-state index in [0.29, 0.717) is 5.56 Å². The number of rotatable bonds is 5. The van der Waals surface area contributed by atoms with Gasteiger partial charge in [-0.2, -0.15) is 5.10 Å². The Labute approximate surface area is 152 Å². The zero-order valence-corrected chi connectivity index (χ0v) is 14.5. The molecule has 0 aromatic heterocycles. The molecule has 4 nitrogen and oxygen atoms in total. The largest absolute Gasteiger partial charge is 0.271 e. The second-order valence-corrected chi connectivity index (χ2v) is 5.83. The minimum atomic E-state index is -0.229.